The molecule has 0 bridgehead atoms. The second kappa shape index (κ2) is 22.5. The van der Waals surface area contributed by atoms with Crippen LogP contribution in [0.3, 0.4) is 0 Å². The van der Waals surface area contributed by atoms with Gasteiger partial charge in [-0.25, -0.2) is 0 Å². The minimum atomic E-state index is -2.33. The fourth-order valence-electron chi connectivity index (χ4n) is 0. The van der Waals surface area contributed by atoms with Crippen LogP contribution in [-0.2, 0) is 21.7 Å². The van der Waals surface area contributed by atoms with Crippen molar-refractivity contribution in [1.82, 2.24) is 0 Å². The summed E-state index contributed by atoms with van der Waals surface area (Å²) in [7, 11) is 0. The molecule has 0 rings (SSSR count). The summed E-state index contributed by atoms with van der Waals surface area (Å²) >= 11 is 0. The Morgan fingerprint density at radius 3 is 1.00 bits per heavy atom. The van der Waals surface area contributed by atoms with Gasteiger partial charge in [-0.2, -0.15) is 0 Å². The Balaban J connectivity index is -0.00000000750. The summed E-state index contributed by atoms with van der Waals surface area (Å²) < 4.78 is 0. The summed E-state index contributed by atoms with van der Waals surface area (Å²) in [5, 5.41) is 16.7. The van der Waals surface area contributed by atoms with E-state index < -0.39 is 6.16 Å². The van der Waals surface area contributed by atoms with Gasteiger partial charge in [0.1, 0.15) is 0 Å². The van der Waals surface area contributed by atoms with Gasteiger partial charge in [-0.3, -0.25) is 0 Å². The van der Waals surface area contributed by atoms with Gasteiger partial charge in [0.15, 0.2) is 0 Å². The Morgan fingerprint density at radius 2 is 1.00 bits per heavy atom. The molecule has 7 heteroatoms. The van der Waals surface area contributed by atoms with Crippen LogP contribution in [0.25, 0.3) is 0 Å². The number of carbonyl (C=O) groups is 1. The van der Waals surface area contributed by atoms with Crippen LogP contribution >= 0.6 is 0 Å². The second-order valence-corrected chi connectivity index (χ2v) is 0.250. The largest absolute Gasteiger partial charge is 2.00 e. The van der Waals surface area contributed by atoms with Crippen molar-refractivity contribution in [2.24, 2.45) is 0 Å². The topological polar surface area (TPSA) is 63.2 Å². The van der Waals surface area contributed by atoms with Crippen LogP contribution in [0.4, 0.5) is 4.79 Å². The Kier molecular flexibility index (Phi) is 86.0. The van der Waals surface area contributed by atoms with E-state index >= 15 is 0 Å². The van der Waals surface area contributed by atoms with Crippen molar-refractivity contribution in [3.8, 4) is 0 Å². The average molecular weight is 177 g/mol. The van der Waals surface area contributed by atoms with E-state index in [1.807, 2.05) is 0 Å². The van der Waals surface area contributed by atoms with E-state index in [0.29, 0.717) is 0 Å². The second-order valence-electron chi connectivity index (χ2n) is 0.250. The third-order valence-corrected chi connectivity index (χ3v) is 0. The summed E-state index contributed by atoms with van der Waals surface area (Å²) in [5.41, 5.74) is 0. The maximum Gasteiger partial charge on any atom is 2.00 e. The molecule has 0 saturated heterocycles. The van der Waals surface area contributed by atoms with Crippen LogP contribution in [0.1, 0.15) is 0 Å². The smallest absolute Gasteiger partial charge is 0.652 e. The van der Waals surface area contributed by atoms with Crippen LogP contribution in [0.2, 0.25) is 0 Å². The third-order valence-electron chi connectivity index (χ3n) is 0. The van der Waals surface area contributed by atoms with E-state index in [0.717, 1.165) is 0 Å². The molecule has 0 aromatic heterocycles. The van der Waals surface area contributed by atoms with Crippen LogP contribution in [-0.4, -0.2) is 6.16 Å². The van der Waals surface area contributed by atoms with Gasteiger partial charge in [-0.1, -0.05) is 0 Å². The van der Waals surface area contributed by atoms with E-state index in [-0.39, 0.29) is 110 Å². The zero-order chi connectivity index (χ0) is 3.58. The maximum absolute atomic E-state index is 8.33. The van der Waals surface area contributed by atoms with Crippen LogP contribution < -0.4 is 98.9 Å². The standard InChI is InChI=1S/CH2O3.3Na.Ti/c2-1(3)4;;;;/h(H2,2,3,4);;;;/q;3*+1;+2/p-2. The zero-order valence-electron chi connectivity index (χ0n) is 5.22. The minimum absolute atomic E-state index is 0. The molecule has 0 heterocycles. The van der Waals surface area contributed by atoms with Gasteiger partial charge in [0.05, 0.1) is 0 Å². The molecular formula is CNa3O3Ti+3. The average Bonchev–Trinajstić information content (AvgIpc) is 0.811. The van der Waals surface area contributed by atoms with Crippen molar-refractivity contribution in [3.63, 3.8) is 0 Å². The molecular weight excluding hydrogens is 177 g/mol. The first-order chi connectivity index (χ1) is 1.73. The molecule has 0 atom stereocenters. The van der Waals surface area contributed by atoms with Gasteiger partial charge in [-0.15, -0.1) is 0 Å². The molecule has 0 aliphatic rings. The van der Waals surface area contributed by atoms with Gasteiger partial charge in [-0.05, 0) is 6.16 Å². The van der Waals surface area contributed by atoms with Crippen molar-refractivity contribution in [1.29, 1.82) is 0 Å². The van der Waals surface area contributed by atoms with Gasteiger partial charge in [0.2, 0.25) is 0 Å². The predicted octanol–water partition coefficient (Wildman–Crippen LogP) is -11.4. The molecule has 8 heavy (non-hydrogen) atoms. The molecule has 0 spiro atoms. The summed E-state index contributed by atoms with van der Waals surface area (Å²) in [4.78, 5) is 8.33. The Bertz CT molecular complexity index is 37.5. The van der Waals surface area contributed by atoms with Gasteiger partial charge in [0, 0.05) is 0 Å². The molecule has 0 aromatic rings. The number of carboxylic acid groups (broad SMARTS) is 2. The quantitative estimate of drug-likeness (QED) is 0.345. The van der Waals surface area contributed by atoms with Crippen molar-refractivity contribution < 1.29 is 125 Å². The molecule has 0 unspecified atom stereocenters. The summed E-state index contributed by atoms with van der Waals surface area (Å²) in [6.45, 7) is 0. The molecule has 0 aromatic carbocycles. The Morgan fingerprint density at radius 1 is 1.00 bits per heavy atom. The Hall–Kier alpha value is 2.98. The SMILES string of the molecule is O=C([O-])[O-].[Na+].[Na+].[Na+].[Ti+2]. The van der Waals surface area contributed by atoms with E-state index in [1.54, 1.807) is 0 Å². The first kappa shape index (κ1) is 30.6. The number of hydrogen-bond donors (Lipinski definition) is 0. The molecule has 0 amide bonds. The van der Waals surface area contributed by atoms with Crippen LogP contribution in [0.15, 0.2) is 0 Å². The van der Waals surface area contributed by atoms with Crippen molar-refractivity contribution in [2.45, 2.75) is 0 Å². The van der Waals surface area contributed by atoms with Crippen molar-refractivity contribution in [3.05, 3.63) is 0 Å². The van der Waals surface area contributed by atoms with Gasteiger partial charge < -0.3 is 15.0 Å². The van der Waals surface area contributed by atoms with Crippen molar-refractivity contribution in [2.75, 3.05) is 0 Å². The number of rotatable bonds is 0. The first-order valence-electron chi connectivity index (χ1n) is 0.612. The van der Waals surface area contributed by atoms with Gasteiger partial charge in [0.25, 0.3) is 0 Å². The third kappa shape index (κ3) is 64.3. The van der Waals surface area contributed by atoms with E-state index in [9.17, 15) is 0 Å². The first-order valence-corrected chi connectivity index (χ1v) is 0.612. The number of carbonyl (C=O) groups excluding carboxylic acids is 1. The molecule has 0 aliphatic heterocycles. The molecule has 0 aliphatic carbocycles. The van der Waals surface area contributed by atoms with Crippen LogP contribution in [0.5, 0.6) is 0 Å². The summed E-state index contributed by atoms with van der Waals surface area (Å²) in [6, 6.07) is 0. The monoisotopic (exact) mass is 177 g/mol. The van der Waals surface area contributed by atoms with Crippen LogP contribution in [0, 0.1) is 0 Å². The molecule has 0 fully saturated rings. The maximum atomic E-state index is 8.33. The molecule has 0 N–H and O–H groups in total. The Labute approximate surface area is 129 Å². The molecule has 26 valence electrons. The summed E-state index contributed by atoms with van der Waals surface area (Å²) in [6.07, 6.45) is -2.33. The normalized spacial score (nSPS) is 3.00. The predicted molar refractivity (Wildman–Crippen MR) is 5.40 cm³/mol. The number of hydrogen-bond acceptors (Lipinski definition) is 3. The molecule has 0 saturated carbocycles. The van der Waals surface area contributed by atoms with E-state index in [2.05, 4.69) is 0 Å². The zero-order valence-corrected chi connectivity index (χ0v) is 12.8. The fraction of sp³-hybridized carbons (Fsp3) is 0. The molecule has 0 radical (unpaired) electrons. The summed E-state index contributed by atoms with van der Waals surface area (Å²) in [5.74, 6) is 0. The van der Waals surface area contributed by atoms with Gasteiger partial charge >= 0.3 is 110 Å². The minimum Gasteiger partial charge on any atom is -0.652 e. The van der Waals surface area contributed by atoms with E-state index in [1.165, 1.54) is 0 Å². The van der Waals surface area contributed by atoms with E-state index in [4.69, 9.17) is 15.0 Å². The fourth-order valence-corrected chi connectivity index (χ4v) is 0. The van der Waals surface area contributed by atoms with Crippen molar-refractivity contribution >= 4 is 6.16 Å². The molecule has 3 nitrogen and oxygen atoms in total.